The van der Waals surface area contributed by atoms with Gasteiger partial charge in [0.1, 0.15) is 12.4 Å². The maximum atomic E-state index is 10.3. The molecule has 0 bridgehead atoms. The molecule has 27 heavy (non-hydrogen) atoms. The number of ether oxygens (including phenoxy) is 1. The van der Waals surface area contributed by atoms with Gasteiger partial charge in [-0.25, -0.2) is 0 Å². The Morgan fingerprint density at radius 1 is 1.00 bits per heavy atom. The van der Waals surface area contributed by atoms with Crippen LogP contribution in [0.2, 0.25) is 11.3 Å². The largest absolute Gasteiger partial charge is 0.489 e. The topological polar surface area (TPSA) is 47.9 Å². The summed E-state index contributed by atoms with van der Waals surface area (Å²) in [5.74, 6) is 0.546. The van der Waals surface area contributed by atoms with Crippen molar-refractivity contribution in [2.75, 3.05) is 6.61 Å². The van der Waals surface area contributed by atoms with E-state index in [2.05, 4.69) is 0 Å². The van der Waals surface area contributed by atoms with Crippen molar-refractivity contribution in [2.45, 2.75) is 51.3 Å². The van der Waals surface area contributed by atoms with Crippen molar-refractivity contribution in [3.05, 3.63) is 53.6 Å². The van der Waals surface area contributed by atoms with Gasteiger partial charge >= 0.3 is 7.12 Å². The van der Waals surface area contributed by atoms with E-state index in [0.29, 0.717) is 17.1 Å². The Balaban J connectivity index is 1.56. The minimum atomic E-state index is -0.718. The molecule has 1 heterocycles. The lowest BCUT2D eigenvalue weighted by Gasteiger charge is -2.32. The predicted octanol–water partition coefficient (Wildman–Crippen LogP) is 4.84. The average molecular weight is 389 g/mol. The fourth-order valence-electron chi connectivity index (χ4n) is 2.97. The van der Waals surface area contributed by atoms with E-state index in [4.69, 9.17) is 25.6 Å². The Kier molecular flexibility index (Phi) is 5.87. The lowest BCUT2D eigenvalue weighted by Crippen LogP contribution is -2.41. The van der Waals surface area contributed by atoms with Gasteiger partial charge in [-0.1, -0.05) is 48.0 Å². The Morgan fingerprint density at radius 3 is 2.22 bits per heavy atom. The Bertz CT molecular complexity index is 763. The van der Waals surface area contributed by atoms with Gasteiger partial charge in [0.25, 0.3) is 0 Å². The van der Waals surface area contributed by atoms with Crippen molar-refractivity contribution in [1.82, 2.24) is 0 Å². The molecule has 0 spiro atoms. The molecule has 0 radical (unpaired) electrons. The minimum absolute atomic E-state index is 0.120. The first-order valence-corrected chi connectivity index (χ1v) is 9.57. The van der Waals surface area contributed by atoms with Crippen LogP contribution in [0.25, 0.3) is 11.1 Å². The molecule has 6 heteroatoms. The Hall–Kier alpha value is -1.53. The van der Waals surface area contributed by atoms with Gasteiger partial charge in [0, 0.05) is 6.32 Å². The Morgan fingerprint density at radius 2 is 1.63 bits per heavy atom. The number of hydrogen-bond donors (Lipinski definition) is 1. The van der Waals surface area contributed by atoms with Gasteiger partial charge in [0.2, 0.25) is 0 Å². The Labute approximate surface area is 166 Å². The summed E-state index contributed by atoms with van der Waals surface area (Å²) in [5, 5.41) is 10.8. The molecule has 1 fully saturated rings. The maximum absolute atomic E-state index is 10.3. The summed E-state index contributed by atoms with van der Waals surface area (Å²) in [6, 6.07) is 15.7. The van der Waals surface area contributed by atoms with Gasteiger partial charge in [-0.3, -0.25) is 0 Å². The molecule has 0 saturated carbocycles. The first-order valence-electron chi connectivity index (χ1n) is 9.19. The van der Waals surface area contributed by atoms with Gasteiger partial charge in [0.15, 0.2) is 0 Å². The molecule has 0 amide bonds. The summed E-state index contributed by atoms with van der Waals surface area (Å²) in [7, 11) is -0.454. The summed E-state index contributed by atoms with van der Waals surface area (Å²) in [6.45, 7) is 8.08. The molecule has 1 aliphatic rings. The van der Waals surface area contributed by atoms with E-state index in [-0.39, 0.29) is 6.61 Å². The molecular weight excluding hydrogens is 362 g/mol. The highest BCUT2D eigenvalue weighted by Crippen LogP contribution is 2.38. The lowest BCUT2D eigenvalue weighted by atomic mass is 9.82. The van der Waals surface area contributed by atoms with E-state index in [1.165, 1.54) is 0 Å². The number of aliphatic hydroxyl groups excluding tert-OH is 1. The molecule has 1 atom stereocenters. The third kappa shape index (κ3) is 4.67. The molecule has 2 aromatic rings. The van der Waals surface area contributed by atoms with Crippen LogP contribution >= 0.6 is 11.6 Å². The van der Waals surface area contributed by atoms with Crippen LogP contribution in [0.5, 0.6) is 5.75 Å². The SMILES string of the molecule is CC1(C)OB(CC(O)COc2ccc(-c3ccccc3)cc2Cl)OC1(C)C. The van der Waals surface area contributed by atoms with E-state index < -0.39 is 24.4 Å². The number of benzene rings is 2. The molecule has 2 aromatic carbocycles. The molecule has 0 aliphatic carbocycles. The maximum Gasteiger partial charge on any atom is 0.460 e. The van der Waals surface area contributed by atoms with E-state index in [1.54, 1.807) is 0 Å². The van der Waals surface area contributed by atoms with Crippen LogP contribution in [-0.4, -0.2) is 36.1 Å². The molecule has 0 aromatic heterocycles. The molecule has 3 rings (SSSR count). The summed E-state index contributed by atoms with van der Waals surface area (Å²) in [4.78, 5) is 0. The van der Waals surface area contributed by atoms with Gasteiger partial charge in [0.05, 0.1) is 22.3 Å². The van der Waals surface area contributed by atoms with Crippen LogP contribution in [-0.2, 0) is 9.31 Å². The molecule has 1 N–H and O–H groups in total. The highest BCUT2D eigenvalue weighted by Gasteiger charge is 2.51. The van der Waals surface area contributed by atoms with Crippen molar-refractivity contribution in [2.24, 2.45) is 0 Å². The van der Waals surface area contributed by atoms with Crippen molar-refractivity contribution in [3.8, 4) is 16.9 Å². The number of hydrogen-bond acceptors (Lipinski definition) is 4. The first kappa shape index (κ1) is 20.2. The van der Waals surface area contributed by atoms with Crippen LogP contribution in [0, 0.1) is 0 Å². The zero-order chi connectivity index (χ0) is 19.7. The van der Waals surface area contributed by atoms with Crippen LogP contribution in [0.4, 0.5) is 0 Å². The zero-order valence-corrected chi connectivity index (χ0v) is 17.0. The van der Waals surface area contributed by atoms with E-state index in [9.17, 15) is 5.11 Å². The monoisotopic (exact) mass is 388 g/mol. The molecule has 144 valence electrons. The van der Waals surface area contributed by atoms with Gasteiger partial charge in [-0.2, -0.15) is 0 Å². The predicted molar refractivity (Wildman–Crippen MR) is 109 cm³/mol. The van der Waals surface area contributed by atoms with Gasteiger partial charge < -0.3 is 19.2 Å². The summed E-state index contributed by atoms with van der Waals surface area (Å²) >= 11 is 6.35. The highest BCUT2D eigenvalue weighted by atomic mass is 35.5. The summed E-state index contributed by atoms with van der Waals surface area (Å²) in [5.41, 5.74) is 1.29. The zero-order valence-electron chi connectivity index (χ0n) is 16.2. The van der Waals surface area contributed by atoms with Gasteiger partial charge in [-0.05, 0) is 51.0 Å². The fourth-order valence-corrected chi connectivity index (χ4v) is 3.20. The second-order valence-electron chi connectivity index (χ2n) is 7.90. The standard InChI is InChI=1S/C21H26BClO4/c1-20(2)21(3,4)27-22(26-20)13-17(24)14-25-19-11-10-16(12-18(19)23)15-8-6-5-7-9-15/h5-12,17,24H,13-14H2,1-4H3. The summed E-state index contributed by atoms with van der Waals surface area (Å²) < 4.78 is 17.5. The second-order valence-corrected chi connectivity index (χ2v) is 8.30. The molecule has 1 unspecified atom stereocenters. The smallest absolute Gasteiger partial charge is 0.460 e. The number of halogens is 1. The average Bonchev–Trinajstić information content (AvgIpc) is 2.81. The lowest BCUT2D eigenvalue weighted by molar-refractivity contribution is 0.00578. The number of rotatable bonds is 6. The fraction of sp³-hybridized carbons (Fsp3) is 0.429. The third-order valence-corrected chi connectivity index (χ3v) is 5.53. The van der Waals surface area contributed by atoms with E-state index in [1.807, 2.05) is 76.2 Å². The minimum Gasteiger partial charge on any atom is -0.489 e. The highest BCUT2D eigenvalue weighted by molar-refractivity contribution is 6.45. The van der Waals surface area contributed by atoms with Crippen LogP contribution < -0.4 is 4.74 Å². The van der Waals surface area contributed by atoms with Crippen molar-refractivity contribution >= 4 is 18.7 Å². The van der Waals surface area contributed by atoms with Gasteiger partial charge in [-0.15, -0.1) is 0 Å². The molecule has 4 nitrogen and oxygen atoms in total. The molecule has 1 saturated heterocycles. The quantitative estimate of drug-likeness (QED) is 0.719. The normalized spacial score (nSPS) is 19.1. The summed E-state index contributed by atoms with van der Waals surface area (Å²) in [6.07, 6.45) is -0.378. The molecule has 1 aliphatic heterocycles. The first-order chi connectivity index (χ1) is 12.7. The van der Waals surface area contributed by atoms with Crippen LogP contribution in [0.15, 0.2) is 48.5 Å². The van der Waals surface area contributed by atoms with Crippen molar-refractivity contribution < 1.29 is 19.2 Å². The second kappa shape index (κ2) is 7.84. The molecular formula is C21H26BClO4. The van der Waals surface area contributed by atoms with Crippen molar-refractivity contribution in [3.63, 3.8) is 0 Å². The van der Waals surface area contributed by atoms with Crippen molar-refractivity contribution in [1.29, 1.82) is 0 Å². The number of aliphatic hydroxyl groups is 1. The van der Waals surface area contributed by atoms with Crippen LogP contribution in [0.3, 0.4) is 0 Å². The van der Waals surface area contributed by atoms with Crippen LogP contribution in [0.1, 0.15) is 27.7 Å². The third-order valence-electron chi connectivity index (χ3n) is 5.24. The van der Waals surface area contributed by atoms with E-state index in [0.717, 1.165) is 11.1 Å². The van der Waals surface area contributed by atoms with E-state index >= 15 is 0 Å².